The molecule has 20 heavy (non-hydrogen) atoms. The molecule has 0 aromatic rings. The van der Waals surface area contributed by atoms with Crippen LogP contribution in [0.3, 0.4) is 0 Å². The Bertz CT molecular complexity index is 263. The number of halogens is 2. The van der Waals surface area contributed by atoms with E-state index < -0.39 is 14.0 Å². The molecular formula is C11H25Cl2N2O4P. The second-order valence-corrected chi connectivity index (χ2v) is 6.42. The van der Waals surface area contributed by atoms with Crippen LogP contribution >= 0.6 is 30.9 Å². The average Bonchev–Trinajstić information content (AvgIpc) is 2.43. The summed E-state index contributed by atoms with van der Waals surface area (Å²) in [7, 11) is -3.24. The average molecular weight is 351 g/mol. The lowest BCUT2D eigenvalue weighted by atomic mass is 10.4. The van der Waals surface area contributed by atoms with Crippen molar-refractivity contribution in [2.75, 3.05) is 44.7 Å². The van der Waals surface area contributed by atoms with Gasteiger partial charge >= 0.3 is 7.67 Å². The Labute approximate surface area is 131 Å². The third-order valence-corrected chi connectivity index (χ3v) is 4.34. The highest BCUT2D eigenvalue weighted by molar-refractivity contribution is 7.54. The van der Waals surface area contributed by atoms with Crippen molar-refractivity contribution in [3.63, 3.8) is 0 Å². The molecule has 0 radical (unpaired) electrons. The summed E-state index contributed by atoms with van der Waals surface area (Å²) < 4.78 is 28.8. The van der Waals surface area contributed by atoms with Gasteiger partial charge in [0.15, 0.2) is 6.29 Å². The van der Waals surface area contributed by atoms with Gasteiger partial charge in [0.2, 0.25) is 0 Å². The highest BCUT2D eigenvalue weighted by Crippen LogP contribution is 2.39. The van der Waals surface area contributed by atoms with Crippen LogP contribution in [-0.2, 0) is 18.6 Å². The zero-order valence-corrected chi connectivity index (χ0v) is 14.5. The van der Waals surface area contributed by atoms with Gasteiger partial charge in [-0.25, -0.2) is 10.2 Å². The molecule has 1 atom stereocenters. The molecule has 0 aliphatic heterocycles. The third kappa shape index (κ3) is 10.4. The molecule has 122 valence electrons. The van der Waals surface area contributed by atoms with Gasteiger partial charge in [-0.05, 0) is 13.8 Å². The van der Waals surface area contributed by atoms with E-state index >= 15 is 0 Å². The van der Waals surface area contributed by atoms with Crippen LogP contribution in [0.1, 0.15) is 20.3 Å². The highest BCUT2D eigenvalue weighted by atomic mass is 35.5. The first-order chi connectivity index (χ1) is 9.61. The smallest absolute Gasteiger partial charge is 0.343 e. The predicted molar refractivity (Wildman–Crippen MR) is 82.7 cm³/mol. The Morgan fingerprint density at radius 2 is 1.70 bits per heavy atom. The van der Waals surface area contributed by atoms with Gasteiger partial charge in [0.25, 0.3) is 0 Å². The number of nitrogens with one attached hydrogen (secondary N) is 2. The van der Waals surface area contributed by atoms with Crippen LogP contribution in [0.4, 0.5) is 0 Å². The standard InChI is InChI=1S/C11H25Cl2N2O4P/c1-3-17-10-5-11(18-4-2)19-20(16,14-8-6-12)15-9-7-13/h11H,3-10H2,1-2H3,(H2,14,15,16). The molecule has 0 fully saturated rings. The minimum absolute atomic E-state index is 0.328. The van der Waals surface area contributed by atoms with Crippen molar-refractivity contribution < 1.29 is 18.6 Å². The SMILES string of the molecule is CCOCCC(OCC)OP(=O)(NCCCl)NCCCl. The van der Waals surface area contributed by atoms with Crippen LogP contribution < -0.4 is 10.2 Å². The lowest BCUT2D eigenvalue weighted by molar-refractivity contribution is -0.0907. The Hall–Kier alpha value is 0.610. The molecule has 0 rings (SSSR count). The van der Waals surface area contributed by atoms with Gasteiger partial charge in [0.05, 0.1) is 6.61 Å². The maximum Gasteiger partial charge on any atom is 0.343 e. The zero-order valence-electron chi connectivity index (χ0n) is 12.1. The summed E-state index contributed by atoms with van der Waals surface area (Å²) in [6, 6.07) is 0. The summed E-state index contributed by atoms with van der Waals surface area (Å²) in [6.45, 7) is 6.03. The minimum atomic E-state index is -3.24. The molecule has 6 nitrogen and oxygen atoms in total. The monoisotopic (exact) mass is 350 g/mol. The highest BCUT2D eigenvalue weighted by Gasteiger charge is 2.26. The Kier molecular flexibility index (Phi) is 13.7. The first-order valence-corrected chi connectivity index (χ1v) is 9.41. The number of hydrogen-bond acceptors (Lipinski definition) is 4. The number of ether oxygens (including phenoxy) is 2. The third-order valence-electron chi connectivity index (χ3n) is 2.15. The van der Waals surface area contributed by atoms with E-state index in [1.807, 2.05) is 13.8 Å². The molecule has 0 saturated carbocycles. The summed E-state index contributed by atoms with van der Waals surface area (Å²) >= 11 is 11.2. The minimum Gasteiger partial charge on any atom is -0.382 e. The van der Waals surface area contributed by atoms with E-state index in [0.29, 0.717) is 51.1 Å². The molecular weight excluding hydrogens is 326 g/mol. The molecule has 0 heterocycles. The van der Waals surface area contributed by atoms with Gasteiger partial charge in [-0.3, -0.25) is 9.09 Å². The van der Waals surface area contributed by atoms with E-state index in [9.17, 15) is 4.57 Å². The zero-order chi connectivity index (χ0) is 15.3. The molecule has 0 aromatic carbocycles. The van der Waals surface area contributed by atoms with E-state index in [1.165, 1.54) is 0 Å². The lowest BCUT2D eigenvalue weighted by Gasteiger charge is -2.25. The first kappa shape index (κ1) is 20.6. The lowest BCUT2D eigenvalue weighted by Crippen LogP contribution is -2.31. The van der Waals surface area contributed by atoms with Crippen molar-refractivity contribution in [1.29, 1.82) is 0 Å². The van der Waals surface area contributed by atoms with E-state index in [1.54, 1.807) is 0 Å². The normalized spacial score (nSPS) is 13.6. The first-order valence-electron chi connectivity index (χ1n) is 6.71. The van der Waals surface area contributed by atoms with Crippen LogP contribution in [0, 0.1) is 0 Å². The van der Waals surface area contributed by atoms with Gasteiger partial charge in [-0.2, -0.15) is 0 Å². The van der Waals surface area contributed by atoms with Crippen LogP contribution in [-0.4, -0.2) is 51.0 Å². The molecule has 0 aliphatic carbocycles. The predicted octanol–water partition coefficient (Wildman–Crippen LogP) is 2.56. The van der Waals surface area contributed by atoms with Crippen molar-refractivity contribution in [2.24, 2.45) is 0 Å². The molecule has 0 amide bonds. The van der Waals surface area contributed by atoms with Crippen molar-refractivity contribution in [3.05, 3.63) is 0 Å². The molecule has 0 spiro atoms. The number of rotatable bonds is 14. The van der Waals surface area contributed by atoms with E-state index in [4.69, 9.17) is 37.2 Å². The van der Waals surface area contributed by atoms with Crippen LogP contribution in [0.2, 0.25) is 0 Å². The fourth-order valence-electron chi connectivity index (χ4n) is 1.35. The van der Waals surface area contributed by atoms with E-state index in [0.717, 1.165) is 0 Å². The molecule has 2 N–H and O–H groups in total. The Morgan fingerprint density at radius 3 is 2.15 bits per heavy atom. The largest absolute Gasteiger partial charge is 0.382 e. The maximum absolute atomic E-state index is 12.6. The van der Waals surface area contributed by atoms with Gasteiger partial charge in [0, 0.05) is 44.5 Å². The van der Waals surface area contributed by atoms with Crippen molar-refractivity contribution >= 4 is 30.9 Å². The molecule has 0 saturated heterocycles. The molecule has 1 unspecified atom stereocenters. The van der Waals surface area contributed by atoms with Crippen LogP contribution in [0.15, 0.2) is 0 Å². The van der Waals surface area contributed by atoms with Gasteiger partial charge < -0.3 is 9.47 Å². The maximum atomic E-state index is 12.6. The number of alkyl halides is 2. The molecule has 9 heteroatoms. The summed E-state index contributed by atoms with van der Waals surface area (Å²) in [5.41, 5.74) is 0. The van der Waals surface area contributed by atoms with Crippen molar-refractivity contribution in [2.45, 2.75) is 26.6 Å². The van der Waals surface area contributed by atoms with Gasteiger partial charge in [0.1, 0.15) is 0 Å². The Balaban J connectivity index is 4.47. The second-order valence-electron chi connectivity index (χ2n) is 3.72. The fraction of sp³-hybridized carbons (Fsp3) is 1.00. The quantitative estimate of drug-likeness (QED) is 0.217. The fourth-order valence-corrected chi connectivity index (χ4v) is 3.37. The summed E-state index contributed by atoms with van der Waals surface area (Å²) in [5.74, 6) is 0.655. The molecule has 0 aliphatic rings. The Morgan fingerprint density at radius 1 is 1.10 bits per heavy atom. The van der Waals surface area contributed by atoms with E-state index in [-0.39, 0.29) is 0 Å². The van der Waals surface area contributed by atoms with Crippen molar-refractivity contribution in [3.8, 4) is 0 Å². The van der Waals surface area contributed by atoms with Crippen LogP contribution in [0.5, 0.6) is 0 Å². The topological polar surface area (TPSA) is 68.8 Å². The van der Waals surface area contributed by atoms with Gasteiger partial charge in [-0.1, -0.05) is 0 Å². The summed E-state index contributed by atoms with van der Waals surface area (Å²) in [6.07, 6.45) is -0.111. The molecule has 0 aromatic heterocycles. The molecule has 0 bridgehead atoms. The summed E-state index contributed by atoms with van der Waals surface area (Å²) in [5, 5.41) is 5.54. The summed E-state index contributed by atoms with van der Waals surface area (Å²) in [4.78, 5) is 0. The van der Waals surface area contributed by atoms with Crippen LogP contribution in [0.25, 0.3) is 0 Å². The second kappa shape index (κ2) is 13.3. The van der Waals surface area contributed by atoms with E-state index in [2.05, 4.69) is 10.2 Å². The van der Waals surface area contributed by atoms with Gasteiger partial charge in [-0.15, -0.1) is 23.2 Å². The van der Waals surface area contributed by atoms with Crippen molar-refractivity contribution in [1.82, 2.24) is 10.2 Å². The number of hydrogen-bond donors (Lipinski definition) is 2.